The lowest BCUT2D eigenvalue weighted by molar-refractivity contribution is -0.118. The first-order chi connectivity index (χ1) is 6.06. The van der Waals surface area contributed by atoms with Crippen LogP contribution in [0, 0.1) is 0 Å². The van der Waals surface area contributed by atoms with Crippen LogP contribution in [0.1, 0.15) is 13.3 Å². The summed E-state index contributed by atoms with van der Waals surface area (Å²) < 4.78 is 4.74. The van der Waals surface area contributed by atoms with E-state index in [0.717, 1.165) is 0 Å². The number of rotatable bonds is 7. The van der Waals surface area contributed by atoms with Crippen molar-refractivity contribution in [3.8, 4) is 0 Å². The van der Waals surface area contributed by atoms with Gasteiger partial charge in [-0.15, -0.1) is 0 Å². The Hall–Kier alpha value is -0.650. The number of primary amides is 1. The number of nitrogens with two attached hydrogens (primary N) is 1. The minimum atomic E-state index is -0.541. The second kappa shape index (κ2) is 6.82. The van der Waals surface area contributed by atoms with E-state index in [4.69, 9.17) is 10.5 Å². The first-order valence-electron chi connectivity index (χ1n) is 4.25. The zero-order chi connectivity index (χ0) is 10.3. The maximum absolute atomic E-state index is 10.5. The number of aliphatic hydroxyl groups is 1. The lowest BCUT2D eigenvalue weighted by Gasteiger charge is -2.15. The standard InChI is InChI=1S/C8H18N2O3/c1-6(3-8(9)12)10-4-7(11)5-13-2/h6-7,10-11H,3-5H2,1-2H3,(H2,9,12). The summed E-state index contributed by atoms with van der Waals surface area (Å²) in [5, 5.41) is 12.2. The highest BCUT2D eigenvalue weighted by Crippen LogP contribution is 1.90. The lowest BCUT2D eigenvalue weighted by atomic mass is 10.2. The molecule has 0 aliphatic heterocycles. The van der Waals surface area contributed by atoms with Crippen LogP contribution < -0.4 is 11.1 Å². The summed E-state index contributed by atoms with van der Waals surface area (Å²) in [7, 11) is 1.52. The molecule has 0 saturated heterocycles. The molecule has 2 atom stereocenters. The zero-order valence-electron chi connectivity index (χ0n) is 8.12. The Morgan fingerprint density at radius 1 is 1.69 bits per heavy atom. The largest absolute Gasteiger partial charge is 0.389 e. The van der Waals surface area contributed by atoms with Gasteiger partial charge in [0.05, 0.1) is 12.7 Å². The Labute approximate surface area is 78.3 Å². The van der Waals surface area contributed by atoms with E-state index in [2.05, 4.69) is 5.32 Å². The van der Waals surface area contributed by atoms with Crippen LogP contribution in [-0.2, 0) is 9.53 Å². The molecule has 78 valence electrons. The molecule has 5 nitrogen and oxygen atoms in total. The van der Waals surface area contributed by atoms with Crippen LogP contribution in [0.15, 0.2) is 0 Å². The SMILES string of the molecule is COCC(O)CNC(C)CC(N)=O. The fourth-order valence-corrected chi connectivity index (χ4v) is 0.962. The fourth-order valence-electron chi connectivity index (χ4n) is 0.962. The Kier molecular flexibility index (Phi) is 6.48. The maximum Gasteiger partial charge on any atom is 0.218 e. The average Bonchev–Trinajstić information content (AvgIpc) is 2.00. The van der Waals surface area contributed by atoms with Crippen LogP contribution in [-0.4, -0.2) is 43.4 Å². The molecule has 0 bridgehead atoms. The van der Waals surface area contributed by atoms with Crippen LogP contribution in [0.4, 0.5) is 0 Å². The average molecular weight is 190 g/mol. The van der Waals surface area contributed by atoms with Gasteiger partial charge in [-0.1, -0.05) is 0 Å². The molecule has 2 unspecified atom stereocenters. The van der Waals surface area contributed by atoms with E-state index in [0.29, 0.717) is 6.54 Å². The molecule has 0 radical (unpaired) electrons. The summed E-state index contributed by atoms with van der Waals surface area (Å²) in [5.74, 6) is -0.346. The predicted molar refractivity (Wildman–Crippen MR) is 49.2 cm³/mol. The first-order valence-corrected chi connectivity index (χ1v) is 4.25. The molecule has 0 aliphatic carbocycles. The quantitative estimate of drug-likeness (QED) is 0.473. The number of hydrogen-bond donors (Lipinski definition) is 3. The smallest absolute Gasteiger partial charge is 0.218 e. The van der Waals surface area contributed by atoms with Crippen molar-refractivity contribution in [3.05, 3.63) is 0 Å². The molecular weight excluding hydrogens is 172 g/mol. The van der Waals surface area contributed by atoms with Crippen molar-refractivity contribution in [1.29, 1.82) is 0 Å². The summed E-state index contributed by atoms with van der Waals surface area (Å²) in [6.07, 6.45) is -0.264. The van der Waals surface area contributed by atoms with Gasteiger partial charge in [0.2, 0.25) is 5.91 Å². The van der Waals surface area contributed by atoms with Crippen molar-refractivity contribution in [2.45, 2.75) is 25.5 Å². The third-order valence-electron chi connectivity index (χ3n) is 1.57. The molecule has 0 saturated carbocycles. The number of hydrogen-bond acceptors (Lipinski definition) is 4. The van der Waals surface area contributed by atoms with Gasteiger partial charge in [-0.2, -0.15) is 0 Å². The van der Waals surface area contributed by atoms with Crippen molar-refractivity contribution in [2.24, 2.45) is 5.73 Å². The molecule has 0 aromatic rings. The third kappa shape index (κ3) is 7.70. The summed E-state index contributed by atoms with van der Waals surface area (Å²) in [6, 6.07) is -0.0102. The van der Waals surface area contributed by atoms with E-state index < -0.39 is 6.10 Å². The Bertz CT molecular complexity index is 152. The highest BCUT2D eigenvalue weighted by atomic mass is 16.5. The summed E-state index contributed by atoms with van der Waals surface area (Å²) in [5.41, 5.74) is 4.99. The topological polar surface area (TPSA) is 84.6 Å². The fraction of sp³-hybridized carbons (Fsp3) is 0.875. The number of aliphatic hydroxyl groups excluding tert-OH is 1. The van der Waals surface area contributed by atoms with E-state index in [1.807, 2.05) is 6.92 Å². The lowest BCUT2D eigenvalue weighted by Crippen LogP contribution is -2.37. The van der Waals surface area contributed by atoms with E-state index in [1.54, 1.807) is 0 Å². The van der Waals surface area contributed by atoms with E-state index in [9.17, 15) is 9.90 Å². The zero-order valence-corrected chi connectivity index (χ0v) is 8.12. The van der Waals surface area contributed by atoms with Gasteiger partial charge < -0.3 is 20.9 Å². The molecule has 1 amide bonds. The molecule has 4 N–H and O–H groups in total. The molecule has 0 aliphatic rings. The van der Waals surface area contributed by atoms with Crippen LogP contribution in [0.5, 0.6) is 0 Å². The Morgan fingerprint density at radius 3 is 2.77 bits per heavy atom. The second-order valence-corrected chi connectivity index (χ2v) is 3.09. The van der Waals surface area contributed by atoms with Gasteiger partial charge in [0.15, 0.2) is 0 Å². The maximum atomic E-state index is 10.5. The van der Waals surface area contributed by atoms with Gasteiger partial charge in [-0.3, -0.25) is 4.79 Å². The highest BCUT2D eigenvalue weighted by molar-refractivity contribution is 5.74. The highest BCUT2D eigenvalue weighted by Gasteiger charge is 2.08. The van der Waals surface area contributed by atoms with Gasteiger partial charge in [0, 0.05) is 26.1 Å². The third-order valence-corrected chi connectivity index (χ3v) is 1.57. The van der Waals surface area contributed by atoms with Crippen LogP contribution in [0.25, 0.3) is 0 Å². The van der Waals surface area contributed by atoms with Gasteiger partial charge in [-0.25, -0.2) is 0 Å². The molecule has 5 heteroatoms. The molecule has 0 spiro atoms. The van der Waals surface area contributed by atoms with Crippen LogP contribution in [0.2, 0.25) is 0 Å². The van der Waals surface area contributed by atoms with Crippen LogP contribution in [0.3, 0.4) is 0 Å². The van der Waals surface area contributed by atoms with E-state index in [1.165, 1.54) is 7.11 Å². The minimum Gasteiger partial charge on any atom is -0.389 e. The number of amides is 1. The molecule has 0 fully saturated rings. The molecular formula is C8H18N2O3. The Morgan fingerprint density at radius 2 is 2.31 bits per heavy atom. The number of ether oxygens (including phenoxy) is 1. The molecule has 0 aromatic carbocycles. The molecule has 0 heterocycles. The van der Waals surface area contributed by atoms with Crippen molar-refractivity contribution in [3.63, 3.8) is 0 Å². The van der Waals surface area contributed by atoms with Gasteiger partial charge in [-0.05, 0) is 6.92 Å². The molecule has 0 rings (SSSR count). The van der Waals surface area contributed by atoms with Crippen molar-refractivity contribution in [1.82, 2.24) is 5.32 Å². The van der Waals surface area contributed by atoms with Gasteiger partial charge in [0.25, 0.3) is 0 Å². The molecule has 0 aromatic heterocycles. The molecule has 13 heavy (non-hydrogen) atoms. The summed E-state index contributed by atoms with van der Waals surface area (Å²) in [6.45, 7) is 2.53. The first kappa shape index (κ1) is 12.3. The minimum absolute atomic E-state index is 0.0102. The van der Waals surface area contributed by atoms with E-state index >= 15 is 0 Å². The predicted octanol–water partition coefficient (Wildman–Crippen LogP) is -1.15. The van der Waals surface area contributed by atoms with Crippen LogP contribution >= 0.6 is 0 Å². The normalized spacial score (nSPS) is 15.3. The monoisotopic (exact) mass is 190 g/mol. The van der Waals surface area contributed by atoms with Gasteiger partial charge in [0.1, 0.15) is 0 Å². The Balaban J connectivity index is 3.45. The van der Waals surface area contributed by atoms with Crippen molar-refractivity contribution < 1.29 is 14.6 Å². The number of carbonyl (C=O) groups excluding carboxylic acids is 1. The van der Waals surface area contributed by atoms with Gasteiger partial charge >= 0.3 is 0 Å². The number of carbonyl (C=O) groups is 1. The van der Waals surface area contributed by atoms with E-state index in [-0.39, 0.29) is 25.0 Å². The number of methoxy groups -OCH3 is 1. The summed E-state index contributed by atoms with van der Waals surface area (Å²) >= 11 is 0. The summed E-state index contributed by atoms with van der Waals surface area (Å²) in [4.78, 5) is 10.5. The second-order valence-electron chi connectivity index (χ2n) is 3.09. The number of nitrogens with one attached hydrogen (secondary N) is 1. The van der Waals surface area contributed by atoms with Crippen molar-refractivity contribution >= 4 is 5.91 Å². The van der Waals surface area contributed by atoms with Crippen molar-refractivity contribution in [2.75, 3.05) is 20.3 Å².